The van der Waals surface area contributed by atoms with E-state index in [4.69, 9.17) is 9.72 Å². The molecular weight excluding hydrogens is 336 g/mol. The normalized spacial score (nSPS) is 16.4. The molecule has 4 nitrogen and oxygen atoms in total. The maximum atomic E-state index is 12.1. The Hall–Kier alpha value is -2.62. The van der Waals surface area contributed by atoms with Crippen molar-refractivity contribution in [2.75, 3.05) is 19.7 Å². The molecule has 1 aromatic carbocycles. The van der Waals surface area contributed by atoms with E-state index in [1.807, 2.05) is 24.1 Å². The Balaban J connectivity index is 1.77. The lowest BCUT2D eigenvalue weighted by molar-refractivity contribution is 0.104. The molecule has 0 N–H and O–H groups in total. The fourth-order valence-corrected chi connectivity index (χ4v) is 4.19. The molecule has 0 spiro atoms. The van der Waals surface area contributed by atoms with E-state index in [0.29, 0.717) is 19.7 Å². The smallest absolute Gasteiger partial charge is 0.409 e. The lowest BCUT2D eigenvalue weighted by atomic mass is 9.88. The van der Waals surface area contributed by atoms with Gasteiger partial charge in [0.2, 0.25) is 0 Å². The summed E-state index contributed by atoms with van der Waals surface area (Å²) in [5.74, 6) is 0. The average Bonchev–Trinajstić information content (AvgIpc) is 2.85. The average molecular weight is 362 g/mol. The minimum Gasteiger partial charge on any atom is -0.450 e. The number of hydrogen-bond donors (Lipinski definition) is 0. The maximum absolute atomic E-state index is 12.1. The molecule has 27 heavy (non-hydrogen) atoms. The van der Waals surface area contributed by atoms with E-state index < -0.39 is 0 Å². The summed E-state index contributed by atoms with van der Waals surface area (Å²) in [5.41, 5.74) is 9.15. The number of fused-ring (bicyclic) bond motifs is 2. The van der Waals surface area contributed by atoms with Crippen molar-refractivity contribution in [2.45, 2.75) is 39.5 Å². The van der Waals surface area contributed by atoms with E-state index >= 15 is 0 Å². The molecule has 1 aliphatic heterocycles. The fourth-order valence-electron chi connectivity index (χ4n) is 4.19. The van der Waals surface area contributed by atoms with E-state index in [1.54, 1.807) is 0 Å². The summed E-state index contributed by atoms with van der Waals surface area (Å²) in [7, 11) is 0. The maximum Gasteiger partial charge on any atom is 0.409 e. The number of likely N-dealkylation sites (tertiary alicyclic amines) is 1. The molecule has 1 aromatic heterocycles. The fraction of sp³-hybridized carbons (Fsp3) is 0.391. The number of amides is 1. The van der Waals surface area contributed by atoms with Crippen molar-refractivity contribution < 1.29 is 9.53 Å². The molecule has 1 aliphatic carbocycles. The van der Waals surface area contributed by atoms with Gasteiger partial charge in [-0.05, 0) is 62.3 Å². The third-order valence-electron chi connectivity index (χ3n) is 5.57. The van der Waals surface area contributed by atoms with Crippen molar-refractivity contribution in [3.8, 4) is 0 Å². The Kier molecular flexibility index (Phi) is 4.97. The minimum absolute atomic E-state index is 0.197. The van der Waals surface area contributed by atoms with Gasteiger partial charge in [-0.1, -0.05) is 35.4 Å². The second kappa shape index (κ2) is 7.55. The van der Waals surface area contributed by atoms with E-state index in [9.17, 15) is 4.79 Å². The SMILES string of the molecule is CCOC(=O)N1CCC(=C2c3cc(C)ccc3CCc3cccnc32)CC1. The van der Waals surface area contributed by atoms with Gasteiger partial charge in [-0.25, -0.2) is 4.79 Å². The van der Waals surface area contributed by atoms with Gasteiger partial charge in [-0.2, -0.15) is 0 Å². The largest absolute Gasteiger partial charge is 0.450 e. The van der Waals surface area contributed by atoms with Crippen LogP contribution in [0.1, 0.15) is 47.7 Å². The molecule has 0 saturated carbocycles. The van der Waals surface area contributed by atoms with Crippen LogP contribution in [0.4, 0.5) is 4.79 Å². The number of aryl methyl sites for hydroxylation is 3. The second-order valence-corrected chi connectivity index (χ2v) is 7.34. The zero-order chi connectivity index (χ0) is 18.8. The van der Waals surface area contributed by atoms with Crippen LogP contribution in [-0.4, -0.2) is 35.7 Å². The molecule has 1 fully saturated rings. The summed E-state index contributed by atoms with van der Waals surface area (Å²) >= 11 is 0. The molecule has 4 heteroatoms. The van der Waals surface area contributed by atoms with Crippen molar-refractivity contribution in [1.82, 2.24) is 9.88 Å². The highest BCUT2D eigenvalue weighted by atomic mass is 16.6. The molecule has 2 heterocycles. The highest BCUT2D eigenvalue weighted by Crippen LogP contribution is 2.38. The number of carbonyl (C=O) groups is 1. The number of pyridine rings is 1. The predicted octanol–water partition coefficient (Wildman–Crippen LogP) is 4.54. The predicted molar refractivity (Wildman–Crippen MR) is 107 cm³/mol. The monoisotopic (exact) mass is 362 g/mol. The van der Waals surface area contributed by atoms with Gasteiger partial charge in [0.1, 0.15) is 0 Å². The number of rotatable bonds is 1. The molecule has 140 valence electrons. The van der Waals surface area contributed by atoms with Gasteiger partial charge >= 0.3 is 6.09 Å². The van der Waals surface area contributed by atoms with Crippen LogP contribution in [0.5, 0.6) is 0 Å². The van der Waals surface area contributed by atoms with Crippen LogP contribution >= 0.6 is 0 Å². The van der Waals surface area contributed by atoms with E-state index in [-0.39, 0.29) is 6.09 Å². The molecule has 0 unspecified atom stereocenters. The highest BCUT2D eigenvalue weighted by Gasteiger charge is 2.26. The zero-order valence-corrected chi connectivity index (χ0v) is 16.1. The zero-order valence-electron chi connectivity index (χ0n) is 16.1. The lowest BCUT2D eigenvalue weighted by Gasteiger charge is -2.29. The Morgan fingerprint density at radius 2 is 1.89 bits per heavy atom. The van der Waals surface area contributed by atoms with Crippen molar-refractivity contribution in [2.24, 2.45) is 0 Å². The molecule has 0 bridgehead atoms. The number of nitrogens with zero attached hydrogens (tertiary/aromatic N) is 2. The summed E-state index contributed by atoms with van der Waals surface area (Å²) in [4.78, 5) is 18.7. The van der Waals surface area contributed by atoms with Crippen LogP contribution in [0.25, 0.3) is 5.57 Å². The Bertz CT molecular complexity index is 891. The molecule has 0 radical (unpaired) electrons. The van der Waals surface area contributed by atoms with Crippen LogP contribution in [0.3, 0.4) is 0 Å². The first-order valence-corrected chi connectivity index (χ1v) is 9.85. The van der Waals surface area contributed by atoms with E-state index in [0.717, 1.165) is 31.4 Å². The molecule has 2 aromatic rings. The molecule has 4 rings (SSSR count). The third-order valence-corrected chi connectivity index (χ3v) is 5.57. The van der Waals surface area contributed by atoms with Gasteiger partial charge in [-0.15, -0.1) is 0 Å². The van der Waals surface area contributed by atoms with E-state index in [2.05, 4.69) is 31.2 Å². The van der Waals surface area contributed by atoms with Gasteiger partial charge in [0.05, 0.1) is 12.3 Å². The van der Waals surface area contributed by atoms with Gasteiger partial charge in [0.25, 0.3) is 0 Å². The Morgan fingerprint density at radius 1 is 1.11 bits per heavy atom. The molecule has 2 aliphatic rings. The number of hydrogen-bond acceptors (Lipinski definition) is 3. The van der Waals surface area contributed by atoms with Crippen LogP contribution in [0.2, 0.25) is 0 Å². The lowest BCUT2D eigenvalue weighted by Crippen LogP contribution is -2.37. The Labute approximate surface area is 160 Å². The van der Waals surface area contributed by atoms with Crippen molar-refractivity contribution in [1.29, 1.82) is 0 Å². The van der Waals surface area contributed by atoms with Crippen LogP contribution in [0.15, 0.2) is 42.1 Å². The van der Waals surface area contributed by atoms with Crippen molar-refractivity contribution in [3.63, 3.8) is 0 Å². The van der Waals surface area contributed by atoms with E-state index in [1.165, 1.54) is 33.4 Å². The van der Waals surface area contributed by atoms with Gasteiger partial charge in [0.15, 0.2) is 0 Å². The van der Waals surface area contributed by atoms with Gasteiger partial charge < -0.3 is 9.64 Å². The summed E-state index contributed by atoms with van der Waals surface area (Å²) < 4.78 is 5.17. The number of carbonyl (C=O) groups excluding carboxylic acids is 1. The highest BCUT2D eigenvalue weighted by molar-refractivity contribution is 5.85. The third kappa shape index (κ3) is 3.48. The summed E-state index contributed by atoms with van der Waals surface area (Å²) in [6, 6.07) is 11.0. The number of benzene rings is 1. The molecular formula is C23H26N2O2. The summed E-state index contributed by atoms with van der Waals surface area (Å²) in [5, 5.41) is 0. The quantitative estimate of drug-likeness (QED) is 0.748. The van der Waals surface area contributed by atoms with Crippen LogP contribution < -0.4 is 0 Å². The topological polar surface area (TPSA) is 42.4 Å². The molecule has 1 saturated heterocycles. The minimum atomic E-state index is -0.197. The molecule has 0 atom stereocenters. The Morgan fingerprint density at radius 3 is 2.67 bits per heavy atom. The van der Waals surface area contributed by atoms with Crippen molar-refractivity contribution in [3.05, 3.63) is 70.0 Å². The first-order valence-electron chi connectivity index (χ1n) is 9.85. The summed E-state index contributed by atoms with van der Waals surface area (Å²) in [6.07, 6.45) is 5.51. The van der Waals surface area contributed by atoms with Crippen LogP contribution in [-0.2, 0) is 17.6 Å². The standard InChI is InChI=1S/C23H26N2O2/c1-3-27-23(26)25-13-10-18(11-14-25)21-20-15-16(2)6-7-17(20)8-9-19-5-4-12-24-22(19)21/h4-7,12,15H,3,8-11,13-14H2,1-2H3. The number of piperidine rings is 1. The number of ether oxygens (including phenoxy) is 1. The number of aromatic nitrogens is 1. The second-order valence-electron chi connectivity index (χ2n) is 7.34. The summed E-state index contributed by atoms with van der Waals surface area (Å²) in [6.45, 7) is 5.84. The van der Waals surface area contributed by atoms with Gasteiger partial charge in [-0.3, -0.25) is 4.98 Å². The van der Waals surface area contributed by atoms with Gasteiger partial charge in [0, 0.05) is 24.9 Å². The first kappa shape index (κ1) is 17.8. The molecule has 1 amide bonds. The first-order chi connectivity index (χ1) is 13.2. The van der Waals surface area contributed by atoms with Crippen LogP contribution in [0, 0.1) is 6.92 Å². The van der Waals surface area contributed by atoms with Crippen molar-refractivity contribution >= 4 is 11.7 Å².